The van der Waals surface area contributed by atoms with Gasteiger partial charge in [0.15, 0.2) is 0 Å². The average Bonchev–Trinajstić information content (AvgIpc) is 3.60. The first kappa shape index (κ1) is 47.9. The van der Waals surface area contributed by atoms with Crippen LogP contribution in [0.5, 0.6) is 0 Å². The highest BCUT2D eigenvalue weighted by Gasteiger charge is 2.43. The van der Waals surface area contributed by atoms with Crippen LogP contribution in [0.2, 0.25) is 0 Å². The number of unbranched alkanes of at least 4 members (excludes halogenated alkanes) is 10. The highest BCUT2D eigenvalue weighted by atomic mass is 15.1. The Balaban J connectivity index is 1.40. The van der Waals surface area contributed by atoms with Crippen molar-refractivity contribution in [3.05, 3.63) is 167 Å². The summed E-state index contributed by atoms with van der Waals surface area (Å²) in [6.45, 7) is 18.3. The van der Waals surface area contributed by atoms with E-state index < -0.39 is 0 Å². The summed E-state index contributed by atoms with van der Waals surface area (Å²) < 4.78 is 0. The van der Waals surface area contributed by atoms with Gasteiger partial charge in [0.2, 0.25) is 0 Å². The van der Waals surface area contributed by atoms with Gasteiger partial charge in [-0.05, 0) is 158 Å². The van der Waals surface area contributed by atoms with Crippen LogP contribution in [0, 0.1) is 13.8 Å². The lowest BCUT2D eigenvalue weighted by molar-refractivity contribution is 0.398. The average molecular weight is 865 g/mol. The maximum absolute atomic E-state index is 2.62. The molecular weight excluding hydrogens is 785 g/mol. The van der Waals surface area contributed by atoms with Crippen molar-refractivity contribution in [2.24, 2.45) is 0 Å². The van der Waals surface area contributed by atoms with Crippen LogP contribution in [0.4, 0.5) is 34.1 Å². The van der Waals surface area contributed by atoms with Crippen molar-refractivity contribution in [1.82, 2.24) is 0 Å². The monoisotopic (exact) mass is 865 g/mol. The summed E-state index contributed by atoms with van der Waals surface area (Å²) >= 11 is 0. The third-order valence-corrected chi connectivity index (χ3v) is 15.0. The molecule has 0 saturated carbocycles. The Morgan fingerprint density at radius 2 is 0.677 bits per heavy atom. The van der Waals surface area contributed by atoms with Crippen molar-refractivity contribution < 1.29 is 0 Å². The Kier molecular flexibility index (Phi) is 16.9. The first-order valence-electron chi connectivity index (χ1n) is 25.9. The third kappa shape index (κ3) is 11.1. The van der Waals surface area contributed by atoms with E-state index >= 15 is 0 Å². The van der Waals surface area contributed by atoms with Gasteiger partial charge >= 0.3 is 0 Å². The third-order valence-electron chi connectivity index (χ3n) is 15.0. The lowest BCUT2D eigenvalue weighted by atomic mass is 9.70. The van der Waals surface area contributed by atoms with E-state index in [2.05, 4.69) is 199 Å². The summed E-state index contributed by atoms with van der Waals surface area (Å²) in [6, 6.07) is 52.1. The number of hydrogen-bond donors (Lipinski definition) is 0. The topological polar surface area (TPSA) is 6.48 Å². The number of benzene rings is 6. The molecule has 2 nitrogen and oxygen atoms in total. The number of aryl methyl sites for hydroxylation is 2. The maximum Gasteiger partial charge on any atom is 0.0465 e. The molecule has 65 heavy (non-hydrogen) atoms. The van der Waals surface area contributed by atoms with E-state index in [0.29, 0.717) is 11.8 Å². The van der Waals surface area contributed by atoms with E-state index in [1.807, 2.05) is 0 Å². The van der Waals surface area contributed by atoms with Crippen LogP contribution < -0.4 is 9.80 Å². The van der Waals surface area contributed by atoms with Gasteiger partial charge in [0, 0.05) is 39.5 Å². The Hall–Kier alpha value is -5.08. The van der Waals surface area contributed by atoms with Crippen LogP contribution in [-0.4, -0.2) is 0 Å². The van der Waals surface area contributed by atoms with Gasteiger partial charge in [-0.3, -0.25) is 0 Å². The summed E-state index contributed by atoms with van der Waals surface area (Å²) in [4.78, 5) is 5.02. The van der Waals surface area contributed by atoms with Gasteiger partial charge in [0.05, 0.1) is 0 Å². The van der Waals surface area contributed by atoms with E-state index in [1.54, 1.807) is 0 Å². The molecule has 7 rings (SSSR count). The quantitative estimate of drug-likeness (QED) is 0.0559. The van der Waals surface area contributed by atoms with Gasteiger partial charge in [-0.25, -0.2) is 0 Å². The highest BCUT2D eigenvalue weighted by molar-refractivity contribution is 5.88. The Morgan fingerprint density at radius 3 is 1.02 bits per heavy atom. The van der Waals surface area contributed by atoms with Crippen LogP contribution in [0.15, 0.2) is 133 Å². The van der Waals surface area contributed by atoms with Gasteiger partial charge in [-0.15, -0.1) is 0 Å². The van der Waals surface area contributed by atoms with Gasteiger partial charge < -0.3 is 9.80 Å². The molecule has 6 aromatic rings. The minimum Gasteiger partial charge on any atom is -0.310 e. The smallest absolute Gasteiger partial charge is 0.0465 e. The molecule has 0 fully saturated rings. The van der Waals surface area contributed by atoms with Crippen molar-refractivity contribution >= 4 is 34.1 Å². The van der Waals surface area contributed by atoms with E-state index in [0.717, 1.165) is 12.8 Å². The van der Waals surface area contributed by atoms with Crippen molar-refractivity contribution in [2.75, 3.05) is 9.80 Å². The van der Waals surface area contributed by atoms with Crippen LogP contribution in [0.3, 0.4) is 0 Å². The number of rotatable bonds is 24. The fourth-order valence-corrected chi connectivity index (χ4v) is 10.5. The Morgan fingerprint density at radius 1 is 0.369 bits per heavy atom. The maximum atomic E-state index is 2.62. The summed E-state index contributed by atoms with van der Waals surface area (Å²) in [7, 11) is 0. The number of anilines is 6. The second-order valence-corrected chi connectivity index (χ2v) is 19.7. The second kappa shape index (κ2) is 22.9. The largest absolute Gasteiger partial charge is 0.310 e. The molecule has 2 unspecified atom stereocenters. The van der Waals surface area contributed by atoms with Crippen molar-refractivity contribution in [2.45, 2.75) is 175 Å². The van der Waals surface area contributed by atoms with Crippen molar-refractivity contribution in [3.8, 4) is 11.1 Å². The molecule has 0 amide bonds. The Bertz CT molecular complexity index is 2200. The number of fused-ring (bicyclic) bond motifs is 3. The Labute approximate surface area is 395 Å². The summed E-state index contributed by atoms with van der Waals surface area (Å²) in [5.41, 5.74) is 18.5. The standard InChI is InChI=1S/C63H80N2/c1-9-13-15-17-19-21-43-63(44-22-20-18-16-14-10-2)61-45-57(64(53-31-23-47(5)24-32-53)55-35-27-51(28-36-55)49(7)11-3)39-41-59(61)60-42-40-58(46-62(60)63)65(54-33-25-48(6)26-34-54)56-37-29-52(30-38-56)50(8)12-4/h23-42,45-46,49-50H,9-22,43-44H2,1-8H3. The molecule has 0 spiro atoms. The number of nitrogens with zero attached hydrogens (tertiary/aromatic N) is 2. The highest BCUT2D eigenvalue weighted by Crippen LogP contribution is 2.57. The molecule has 0 bridgehead atoms. The summed E-state index contributed by atoms with van der Waals surface area (Å²) in [5.74, 6) is 1.08. The minimum atomic E-state index is -0.0923. The predicted octanol–water partition coefficient (Wildman–Crippen LogP) is 20.0. The van der Waals surface area contributed by atoms with Crippen LogP contribution >= 0.6 is 0 Å². The fraction of sp³-hybridized carbons (Fsp3) is 0.429. The molecule has 2 heteroatoms. The zero-order valence-electron chi connectivity index (χ0n) is 41.6. The SMILES string of the molecule is CCCCCCCCC1(CCCCCCCC)c2cc(N(c3ccc(C)cc3)c3ccc(C(C)CC)cc3)ccc2-c2ccc(N(c3ccc(C)cc3)c3ccc(C(C)CC)cc3)cc21. The van der Waals surface area contributed by atoms with E-state index in [1.165, 1.54) is 169 Å². The normalized spacial score (nSPS) is 13.6. The zero-order valence-corrected chi connectivity index (χ0v) is 41.6. The zero-order chi connectivity index (χ0) is 45.8. The molecule has 0 N–H and O–H groups in total. The van der Waals surface area contributed by atoms with Crippen LogP contribution in [-0.2, 0) is 5.41 Å². The van der Waals surface area contributed by atoms with Gasteiger partial charge in [-0.1, -0.05) is 190 Å². The van der Waals surface area contributed by atoms with E-state index in [9.17, 15) is 0 Å². The number of hydrogen-bond acceptors (Lipinski definition) is 2. The van der Waals surface area contributed by atoms with Crippen LogP contribution in [0.1, 0.15) is 189 Å². The minimum absolute atomic E-state index is 0.0923. The lowest BCUT2D eigenvalue weighted by Gasteiger charge is -2.35. The van der Waals surface area contributed by atoms with Crippen molar-refractivity contribution in [3.63, 3.8) is 0 Å². The molecule has 0 heterocycles. The summed E-state index contributed by atoms with van der Waals surface area (Å²) in [5, 5.41) is 0. The second-order valence-electron chi connectivity index (χ2n) is 19.7. The van der Waals surface area contributed by atoms with E-state index in [4.69, 9.17) is 0 Å². The molecular formula is C63H80N2. The molecule has 0 radical (unpaired) electrons. The van der Waals surface area contributed by atoms with E-state index in [-0.39, 0.29) is 5.41 Å². The molecule has 0 aliphatic heterocycles. The molecule has 2 atom stereocenters. The molecule has 1 aliphatic rings. The molecule has 0 saturated heterocycles. The molecule has 0 aromatic heterocycles. The molecule has 6 aromatic carbocycles. The fourth-order valence-electron chi connectivity index (χ4n) is 10.5. The lowest BCUT2D eigenvalue weighted by Crippen LogP contribution is -2.26. The van der Waals surface area contributed by atoms with Crippen LogP contribution in [0.25, 0.3) is 11.1 Å². The van der Waals surface area contributed by atoms with Crippen molar-refractivity contribution in [1.29, 1.82) is 0 Å². The predicted molar refractivity (Wildman–Crippen MR) is 285 cm³/mol. The first-order valence-corrected chi connectivity index (χ1v) is 25.9. The van der Waals surface area contributed by atoms with Gasteiger partial charge in [0.1, 0.15) is 0 Å². The van der Waals surface area contributed by atoms with Gasteiger partial charge in [-0.2, -0.15) is 0 Å². The molecule has 1 aliphatic carbocycles. The van der Waals surface area contributed by atoms with Gasteiger partial charge in [0.25, 0.3) is 0 Å². The summed E-state index contributed by atoms with van der Waals surface area (Å²) in [6.07, 6.45) is 20.2. The first-order chi connectivity index (χ1) is 31.7. The molecule has 342 valence electrons.